The maximum atomic E-state index is 12.1. The lowest BCUT2D eigenvalue weighted by Gasteiger charge is -2.10. The van der Waals surface area contributed by atoms with Crippen LogP contribution in [0.4, 0.5) is 10.7 Å². The molecule has 0 aliphatic carbocycles. The van der Waals surface area contributed by atoms with Crippen molar-refractivity contribution in [3.05, 3.63) is 46.8 Å². The lowest BCUT2D eigenvalue weighted by atomic mass is 10.1. The van der Waals surface area contributed by atoms with Gasteiger partial charge in [-0.1, -0.05) is 19.1 Å². The van der Waals surface area contributed by atoms with Crippen molar-refractivity contribution in [2.45, 2.75) is 32.1 Å². The van der Waals surface area contributed by atoms with Crippen LogP contribution in [0.5, 0.6) is 0 Å². The largest absolute Gasteiger partial charge is 0.422 e. The SMILES string of the molecule is CCc1c(C)nc(NC(=O)OC(=O)c2ccccc2S(N)(=O)=O)nc1C. The molecule has 9 nitrogen and oxygen atoms in total. The number of aryl methyl sites for hydroxylation is 2. The summed E-state index contributed by atoms with van der Waals surface area (Å²) in [7, 11) is -4.15. The van der Waals surface area contributed by atoms with Crippen LogP contribution in [0, 0.1) is 13.8 Å². The van der Waals surface area contributed by atoms with Crippen LogP contribution < -0.4 is 10.5 Å². The summed E-state index contributed by atoms with van der Waals surface area (Å²) in [5.41, 5.74) is 2.00. The van der Waals surface area contributed by atoms with Crippen molar-refractivity contribution in [3.8, 4) is 0 Å². The van der Waals surface area contributed by atoms with Gasteiger partial charge in [-0.25, -0.2) is 33.1 Å². The number of carbonyl (C=O) groups excluding carboxylic acids is 2. The van der Waals surface area contributed by atoms with E-state index in [0.717, 1.165) is 18.1 Å². The minimum absolute atomic E-state index is 0.0188. The highest BCUT2D eigenvalue weighted by atomic mass is 32.2. The third-order valence-electron chi connectivity index (χ3n) is 3.59. The first-order valence-corrected chi connectivity index (χ1v) is 9.17. The third-order valence-corrected chi connectivity index (χ3v) is 4.56. The van der Waals surface area contributed by atoms with Gasteiger partial charge in [0.05, 0.1) is 10.5 Å². The Labute approximate surface area is 150 Å². The number of nitrogens with two attached hydrogens (primary N) is 1. The number of aromatic nitrogens is 2. The molecule has 1 heterocycles. The standard InChI is InChI=1S/C16H18N4O5S/c1-4-11-9(2)18-15(19-10(11)3)20-16(22)25-14(21)12-7-5-6-8-13(12)26(17,23)24/h5-8H,4H2,1-3H3,(H2,17,23,24)(H,18,19,20,22). The zero-order valence-corrected chi connectivity index (χ0v) is 15.3. The first-order valence-electron chi connectivity index (χ1n) is 7.62. The van der Waals surface area contributed by atoms with E-state index in [-0.39, 0.29) is 11.5 Å². The molecular weight excluding hydrogens is 360 g/mol. The minimum atomic E-state index is -4.15. The van der Waals surface area contributed by atoms with E-state index in [1.54, 1.807) is 13.8 Å². The number of rotatable bonds is 4. The molecule has 0 spiro atoms. The molecule has 0 fully saturated rings. The Morgan fingerprint density at radius 2 is 1.73 bits per heavy atom. The van der Waals surface area contributed by atoms with E-state index < -0.39 is 27.0 Å². The number of hydrogen-bond acceptors (Lipinski definition) is 7. The van der Waals surface area contributed by atoms with Gasteiger partial charge >= 0.3 is 12.1 Å². The van der Waals surface area contributed by atoms with Crippen LogP contribution in [0.25, 0.3) is 0 Å². The van der Waals surface area contributed by atoms with Crippen LogP contribution in [0.1, 0.15) is 34.2 Å². The molecule has 0 atom stereocenters. The summed E-state index contributed by atoms with van der Waals surface area (Å²) >= 11 is 0. The number of esters is 1. The van der Waals surface area contributed by atoms with E-state index in [1.165, 1.54) is 18.2 Å². The van der Waals surface area contributed by atoms with Crippen molar-refractivity contribution >= 4 is 28.0 Å². The topological polar surface area (TPSA) is 141 Å². The quantitative estimate of drug-likeness (QED) is 0.609. The molecule has 0 radical (unpaired) electrons. The highest BCUT2D eigenvalue weighted by Gasteiger charge is 2.22. The number of carbonyl (C=O) groups is 2. The van der Waals surface area contributed by atoms with Gasteiger partial charge in [0.25, 0.3) is 0 Å². The smallest absolute Gasteiger partial charge is 0.372 e. The number of amides is 1. The van der Waals surface area contributed by atoms with Gasteiger partial charge in [-0.2, -0.15) is 0 Å². The second-order valence-corrected chi connectivity index (χ2v) is 6.92. The fourth-order valence-electron chi connectivity index (χ4n) is 2.45. The minimum Gasteiger partial charge on any atom is -0.372 e. The average molecular weight is 378 g/mol. The lowest BCUT2D eigenvalue weighted by molar-refractivity contribution is 0.0641. The molecule has 10 heteroatoms. The van der Waals surface area contributed by atoms with Gasteiger partial charge in [0, 0.05) is 11.4 Å². The Kier molecular flexibility index (Phi) is 5.68. The summed E-state index contributed by atoms with van der Waals surface area (Å²) in [6.07, 6.45) is -0.395. The first-order chi connectivity index (χ1) is 12.1. The van der Waals surface area contributed by atoms with E-state index in [0.29, 0.717) is 11.4 Å². The van der Waals surface area contributed by atoms with Gasteiger partial charge in [0.1, 0.15) is 0 Å². The van der Waals surface area contributed by atoms with Crippen molar-refractivity contribution in [3.63, 3.8) is 0 Å². The Bertz CT molecular complexity index is 949. The molecule has 138 valence electrons. The van der Waals surface area contributed by atoms with Gasteiger partial charge < -0.3 is 4.74 Å². The Morgan fingerprint density at radius 1 is 1.15 bits per heavy atom. The number of ether oxygens (including phenoxy) is 1. The molecule has 0 bridgehead atoms. The Morgan fingerprint density at radius 3 is 2.27 bits per heavy atom. The maximum Gasteiger partial charge on any atom is 0.422 e. The van der Waals surface area contributed by atoms with E-state index in [9.17, 15) is 18.0 Å². The highest BCUT2D eigenvalue weighted by Crippen LogP contribution is 2.16. The lowest BCUT2D eigenvalue weighted by Crippen LogP contribution is -2.23. The molecule has 2 rings (SSSR count). The molecule has 1 aromatic carbocycles. The van der Waals surface area contributed by atoms with E-state index in [2.05, 4.69) is 20.0 Å². The van der Waals surface area contributed by atoms with E-state index in [4.69, 9.17) is 5.14 Å². The monoisotopic (exact) mass is 378 g/mol. The number of nitrogens with one attached hydrogen (secondary N) is 1. The molecule has 0 aliphatic heterocycles. The summed E-state index contributed by atoms with van der Waals surface area (Å²) in [5.74, 6) is -1.18. The zero-order chi connectivity index (χ0) is 19.5. The highest BCUT2D eigenvalue weighted by molar-refractivity contribution is 7.89. The normalized spacial score (nSPS) is 11.1. The van der Waals surface area contributed by atoms with Crippen LogP contribution >= 0.6 is 0 Å². The molecule has 1 amide bonds. The Hall–Kier alpha value is -2.85. The molecule has 0 saturated heterocycles. The maximum absolute atomic E-state index is 12.1. The number of sulfonamides is 1. The fraction of sp³-hybridized carbons (Fsp3) is 0.250. The summed E-state index contributed by atoms with van der Waals surface area (Å²) in [5, 5.41) is 7.30. The number of nitrogens with zero attached hydrogens (tertiary/aromatic N) is 2. The predicted molar refractivity (Wildman–Crippen MR) is 93.1 cm³/mol. The van der Waals surface area contributed by atoms with Gasteiger partial charge in [-0.3, -0.25) is 5.32 Å². The second kappa shape index (κ2) is 7.58. The number of hydrogen-bond donors (Lipinski definition) is 2. The average Bonchev–Trinajstić information content (AvgIpc) is 2.53. The second-order valence-electron chi connectivity index (χ2n) is 5.39. The summed E-state index contributed by atoms with van der Waals surface area (Å²) < 4.78 is 27.7. The summed E-state index contributed by atoms with van der Waals surface area (Å²) in [4.78, 5) is 31.8. The van der Waals surface area contributed by atoms with Crippen LogP contribution in [0.2, 0.25) is 0 Å². The molecule has 0 saturated carbocycles. The van der Waals surface area contributed by atoms with Crippen molar-refractivity contribution < 1.29 is 22.7 Å². The third kappa shape index (κ3) is 4.41. The van der Waals surface area contributed by atoms with Crippen molar-refractivity contribution in [2.24, 2.45) is 5.14 Å². The van der Waals surface area contributed by atoms with Gasteiger partial charge in [-0.15, -0.1) is 0 Å². The van der Waals surface area contributed by atoms with Crippen LogP contribution in [-0.2, 0) is 21.2 Å². The van der Waals surface area contributed by atoms with Crippen LogP contribution in [0.3, 0.4) is 0 Å². The van der Waals surface area contributed by atoms with Crippen LogP contribution in [0.15, 0.2) is 29.2 Å². The van der Waals surface area contributed by atoms with Gasteiger partial charge in [-0.05, 0) is 38.0 Å². The van der Waals surface area contributed by atoms with Crippen molar-refractivity contribution in [1.82, 2.24) is 9.97 Å². The molecule has 0 unspecified atom stereocenters. The summed E-state index contributed by atoms with van der Waals surface area (Å²) in [6, 6.07) is 5.15. The van der Waals surface area contributed by atoms with E-state index >= 15 is 0 Å². The van der Waals surface area contributed by atoms with Crippen molar-refractivity contribution in [2.75, 3.05) is 5.32 Å². The molecule has 3 N–H and O–H groups in total. The molecule has 1 aromatic heterocycles. The number of primary sulfonamides is 1. The van der Waals surface area contributed by atoms with Crippen molar-refractivity contribution in [1.29, 1.82) is 0 Å². The van der Waals surface area contributed by atoms with Gasteiger partial charge in [0.15, 0.2) is 0 Å². The zero-order valence-electron chi connectivity index (χ0n) is 14.4. The van der Waals surface area contributed by atoms with Gasteiger partial charge in [0.2, 0.25) is 16.0 Å². The summed E-state index contributed by atoms with van der Waals surface area (Å²) in [6.45, 7) is 5.51. The predicted octanol–water partition coefficient (Wildman–Crippen LogP) is 1.69. The van der Waals surface area contributed by atoms with Crippen LogP contribution in [-0.4, -0.2) is 30.4 Å². The number of benzene rings is 1. The molecular formula is C16H18N4O5S. The number of anilines is 1. The molecule has 0 aliphatic rings. The first kappa shape index (κ1) is 19.5. The Balaban J connectivity index is 2.18. The van der Waals surface area contributed by atoms with E-state index in [1.807, 2.05) is 6.92 Å². The molecule has 2 aromatic rings. The molecule has 26 heavy (non-hydrogen) atoms. The fourth-order valence-corrected chi connectivity index (χ4v) is 3.17.